The summed E-state index contributed by atoms with van der Waals surface area (Å²) in [6.07, 6.45) is 6.39. The summed E-state index contributed by atoms with van der Waals surface area (Å²) in [6, 6.07) is 13.6. The predicted octanol–water partition coefficient (Wildman–Crippen LogP) is 4.05. The summed E-state index contributed by atoms with van der Waals surface area (Å²) >= 11 is 5.93. The van der Waals surface area contributed by atoms with E-state index >= 15 is 0 Å². The summed E-state index contributed by atoms with van der Waals surface area (Å²) in [4.78, 5) is 19.5. The molecular weight excluding hydrogens is 464 g/mol. The van der Waals surface area contributed by atoms with Gasteiger partial charge < -0.3 is 15.5 Å². The lowest BCUT2D eigenvalue weighted by Crippen LogP contribution is -2.45. The van der Waals surface area contributed by atoms with E-state index in [2.05, 4.69) is 31.8 Å². The van der Waals surface area contributed by atoms with Crippen molar-refractivity contribution in [2.24, 2.45) is 0 Å². The zero-order chi connectivity index (χ0) is 23.8. The standard InChI is InChI=1S/C25H27ClN8O/c26-18-7-3-16(4-8-18)14-23(35)27-19-9-12-33(13-10-19)25-29-24(21-2-1-11-34(21)32-25)28-22-15-20(30-31-22)17-5-6-17/h1-4,7-8,11,15,17,19H,5-6,9-10,12-14H2,(H,27,35)(H2,28,29,30,31,32). The maximum Gasteiger partial charge on any atom is 0.245 e. The summed E-state index contributed by atoms with van der Waals surface area (Å²) in [5.41, 5.74) is 2.97. The molecule has 1 aromatic carbocycles. The number of benzene rings is 1. The number of nitrogens with zero attached hydrogens (tertiary/aromatic N) is 5. The van der Waals surface area contributed by atoms with Crippen molar-refractivity contribution in [1.82, 2.24) is 30.1 Å². The number of rotatable bonds is 7. The first-order chi connectivity index (χ1) is 17.1. The van der Waals surface area contributed by atoms with Crippen molar-refractivity contribution < 1.29 is 4.79 Å². The van der Waals surface area contributed by atoms with E-state index in [0.717, 1.165) is 54.3 Å². The van der Waals surface area contributed by atoms with Crippen LogP contribution in [0.25, 0.3) is 5.52 Å². The summed E-state index contributed by atoms with van der Waals surface area (Å²) in [6.45, 7) is 1.54. The van der Waals surface area contributed by atoms with Crippen LogP contribution in [-0.4, -0.2) is 49.8 Å². The maximum absolute atomic E-state index is 12.5. The number of hydrogen-bond acceptors (Lipinski definition) is 6. The second-order valence-electron chi connectivity index (χ2n) is 9.34. The Morgan fingerprint density at radius 3 is 2.69 bits per heavy atom. The summed E-state index contributed by atoms with van der Waals surface area (Å²) < 4.78 is 1.85. The second-order valence-corrected chi connectivity index (χ2v) is 9.77. The number of hydrogen-bond donors (Lipinski definition) is 3. The minimum absolute atomic E-state index is 0.0346. The fourth-order valence-electron chi connectivity index (χ4n) is 4.56. The molecule has 4 aromatic rings. The van der Waals surface area contributed by atoms with Gasteiger partial charge in [0.05, 0.1) is 12.1 Å². The Hall–Kier alpha value is -3.59. The lowest BCUT2D eigenvalue weighted by molar-refractivity contribution is -0.121. The topological polar surface area (TPSA) is 103 Å². The highest BCUT2D eigenvalue weighted by Crippen LogP contribution is 2.39. The summed E-state index contributed by atoms with van der Waals surface area (Å²) in [5, 5.41) is 19.5. The number of halogens is 1. The number of carbonyl (C=O) groups is 1. The molecule has 3 aromatic heterocycles. The molecule has 0 atom stereocenters. The molecule has 4 heterocycles. The van der Waals surface area contributed by atoms with E-state index in [1.54, 1.807) is 0 Å². The molecule has 0 spiro atoms. The van der Waals surface area contributed by atoms with Gasteiger partial charge in [0.25, 0.3) is 0 Å². The third-order valence-corrected chi connectivity index (χ3v) is 6.90. The molecule has 3 N–H and O–H groups in total. The Morgan fingerprint density at radius 1 is 1.11 bits per heavy atom. The Labute approximate surface area is 207 Å². The van der Waals surface area contributed by atoms with Crippen LogP contribution >= 0.6 is 11.6 Å². The van der Waals surface area contributed by atoms with Gasteiger partial charge in [0.2, 0.25) is 11.9 Å². The van der Waals surface area contributed by atoms with Crippen molar-refractivity contribution in [3.05, 3.63) is 64.9 Å². The number of H-pyrrole nitrogens is 1. The molecule has 6 rings (SSSR count). The first-order valence-electron chi connectivity index (χ1n) is 12.1. The van der Waals surface area contributed by atoms with Gasteiger partial charge in [0.15, 0.2) is 5.82 Å². The Balaban J connectivity index is 1.10. The van der Waals surface area contributed by atoms with E-state index in [9.17, 15) is 4.79 Å². The molecule has 180 valence electrons. The smallest absolute Gasteiger partial charge is 0.245 e. The molecule has 1 saturated heterocycles. The number of piperidine rings is 1. The monoisotopic (exact) mass is 490 g/mol. The quantitative estimate of drug-likeness (QED) is 0.361. The van der Waals surface area contributed by atoms with E-state index in [0.29, 0.717) is 23.3 Å². The van der Waals surface area contributed by atoms with Gasteiger partial charge in [-0.15, -0.1) is 5.10 Å². The van der Waals surface area contributed by atoms with Crippen LogP contribution in [0.1, 0.15) is 42.9 Å². The molecule has 1 aliphatic carbocycles. The van der Waals surface area contributed by atoms with E-state index in [-0.39, 0.29) is 11.9 Å². The van der Waals surface area contributed by atoms with Crippen molar-refractivity contribution in [2.75, 3.05) is 23.3 Å². The van der Waals surface area contributed by atoms with Gasteiger partial charge in [-0.25, -0.2) is 4.52 Å². The van der Waals surface area contributed by atoms with Crippen molar-refractivity contribution in [2.45, 2.75) is 44.1 Å². The molecule has 1 amide bonds. The molecule has 0 radical (unpaired) electrons. The minimum atomic E-state index is 0.0346. The Kier molecular flexibility index (Phi) is 5.77. The highest BCUT2D eigenvalue weighted by atomic mass is 35.5. The molecular formula is C25H27ClN8O. The van der Waals surface area contributed by atoms with E-state index < -0.39 is 0 Å². The van der Waals surface area contributed by atoms with E-state index in [1.165, 1.54) is 12.8 Å². The van der Waals surface area contributed by atoms with Crippen LogP contribution in [0.5, 0.6) is 0 Å². The first-order valence-corrected chi connectivity index (χ1v) is 12.4. The highest BCUT2D eigenvalue weighted by Gasteiger charge is 2.27. The van der Waals surface area contributed by atoms with Crippen LogP contribution in [0.15, 0.2) is 48.7 Å². The van der Waals surface area contributed by atoms with Crippen LogP contribution in [0.4, 0.5) is 17.6 Å². The van der Waals surface area contributed by atoms with Gasteiger partial charge in [-0.2, -0.15) is 10.1 Å². The van der Waals surface area contributed by atoms with Crippen LogP contribution in [-0.2, 0) is 11.2 Å². The molecule has 1 aliphatic heterocycles. The van der Waals surface area contributed by atoms with Gasteiger partial charge in [-0.3, -0.25) is 9.89 Å². The van der Waals surface area contributed by atoms with Gasteiger partial charge in [0.1, 0.15) is 11.3 Å². The Morgan fingerprint density at radius 2 is 1.91 bits per heavy atom. The molecule has 9 nitrogen and oxygen atoms in total. The number of anilines is 3. The normalized spacial score (nSPS) is 16.5. The van der Waals surface area contributed by atoms with Crippen LogP contribution < -0.4 is 15.5 Å². The minimum Gasteiger partial charge on any atom is -0.353 e. The fourth-order valence-corrected chi connectivity index (χ4v) is 4.68. The summed E-state index contributed by atoms with van der Waals surface area (Å²) in [5.74, 6) is 2.87. The van der Waals surface area contributed by atoms with Crippen LogP contribution in [0.3, 0.4) is 0 Å². The highest BCUT2D eigenvalue weighted by molar-refractivity contribution is 6.30. The third kappa shape index (κ3) is 4.95. The van der Waals surface area contributed by atoms with Gasteiger partial charge in [0, 0.05) is 42.3 Å². The first kappa shape index (κ1) is 21.9. The second kappa shape index (κ2) is 9.22. The average Bonchev–Trinajstić information content (AvgIpc) is 3.41. The number of carbonyl (C=O) groups excluding carboxylic acids is 1. The van der Waals surface area contributed by atoms with Crippen molar-refractivity contribution in [1.29, 1.82) is 0 Å². The van der Waals surface area contributed by atoms with Gasteiger partial charge >= 0.3 is 0 Å². The SMILES string of the molecule is O=C(Cc1ccc(Cl)cc1)NC1CCN(c2nc(Nc3cc(C4CC4)n[nH]3)c3cccn3n2)CC1. The predicted molar refractivity (Wildman–Crippen MR) is 135 cm³/mol. The van der Waals surface area contributed by atoms with Crippen molar-refractivity contribution >= 4 is 40.6 Å². The largest absolute Gasteiger partial charge is 0.353 e. The molecule has 2 fully saturated rings. The van der Waals surface area contributed by atoms with Gasteiger partial charge in [-0.1, -0.05) is 23.7 Å². The molecule has 35 heavy (non-hydrogen) atoms. The maximum atomic E-state index is 12.5. The molecule has 2 aliphatic rings. The van der Waals surface area contributed by atoms with Crippen LogP contribution in [0, 0.1) is 0 Å². The van der Waals surface area contributed by atoms with Crippen molar-refractivity contribution in [3.8, 4) is 0 Å². The Bertz CT molecular complexity index is 1340. The molecule has 1 saturated carbocycles. The van der Waals surface area contributed by atoms with Crippen LogP contribution in [0.2, 0.25) is 5.02 Å². The number of nitrogens with one attached hydrogen (secondary N) is 3. The zero-order valence-electron chi connectivity index (χ0n) is 19.2. The number of aromatic amines is 1. The lowest BCUT2D eigenvalue weighted by Gasteiger charge is -2.32. The van der Waals surface area contributed by atoms with Gasteiger partial charge in [-0.05, 0) is 55.5 Å². The van der Waals surface area contributed by atoms with E-state index in [4.69, 9.17) is 21.7 Å². The summed E-state index contributed by atoms with van der Waals surface area (Å²) in [7, 11) is 0. The lowest BCUT2D eigenvalue weighted by atomic mass is 10.0. The molecule has 0 bridgehead atoms. The molecule has 0 unspecified atom stereocenters. The number of amides is 1. The van der Waals surface area contributed by atoms with Crippen molar-refractivity contribution in [3.63, 3.8) is 0 Å². The molecule has 10 heteroatoms. The fraction of sp³-hybridized carbons (Fsp3) is 0.360. The number of aromatic nitrogens is 5. The number of fused-ring (bicyclic) bond motifs is 1. The third-order valence-electron chi connectivity index (χ3n) is 6.65. The zero-order valence-corrected chi connectivity index (χ0v) is 20.0. The van der Waals surface area contributed by atoms with E-state index in [1.807, 2.05) is 47.1 Å². The average molecular weight is 491 g/mol.